The molecule has 0 amide bonds. The Morgan fingerprint density at radius 3 is 2.81 bits per heavy atom. The van der Waals surface area contributed by atoms with E-state index in [0.29, 0.717) is 6.42 Å². The number of carbonyl (C=O) groups is 1. The number of fused-ring (bicyclic) bond motifs is 1. The van der Waals surface area contributed by atoms with Crippen LogP contribution in [-0.4, -0.2) is 16.1 Å². The van der Waals surface area contributed by atoms with Gasteiger partial charge in [0.25, 0.3) is 0 Å². The molecular weight excluding hydrogens is 202 g/mol. The first-order valence-electron chi connectivity index (χ1n) is 5.28. The summed E-state index contributed by atoms with van der Waals surface area (Å²) in [6.07, 6.45) is 2.43. The first-order chi connectivity index (χ1) is 7.49. The number of aliphatic carboxylic acids is 1. The minimum absolute atomic E-state index is 0.545. The van der Waals surface area contributed by atoms with Gasteiger partial charge in [-0.15, -0.1) is 0 Å². The quantitative estimate of drug-likeness (QED) is 0.830. The van der Waals surface area contributed by atoms with Crippen molar-refractivity contribution in [3.8, 4) is 0 Å². The molecule has 1 heterocycles. The van der Waals surface area contributed by atoms with E-state index in [0.717, 1.165) is 16.5 Å². The predicted octanol–water partition coefficient (Wildman–Crippen LogP) is 2.82. The van der Waals surface area contributed by atoms with Crippen LogP contribution >= 0.6 is 0 Å². The van der Waals surface area contributed by atoms with Crippen LogP contribution in [0.25, 0.3) is 10.9 Å². The highest BCUT2D eigenvalue weighted by atomic mass is 16.4. The summed E-state index contributed by atoms with van der Waals surface area (Å²) in [6, 6.07) is 8.00. The van der Waals surface area contributed by atoms with E-state index in [1.807, 2.05) is 30.5 Å². The van der Waals surface area contributed by atoms with Gasteiger partial charge in [-0.3, -0.25) is 4.79 Å². The second-order valence-electron chi connectivity index (χ2n) is 4.77. The number of aromatic nitrogens is 1. The van der Waals surface area contributed by atoms with Gasteiger partial charge in [-0.1, -0.05) is 6.07 Å². The van der Waals surface area contributed by atoms with Crippen molar-refractivity contribution in [2.24, 2.45) is 5.41 Å². The molecule has 2 aromatic rings. The van der Waals surface area contributed by atoms with Crippen molar-refractivity contribution >= 4 is 16.9 Å². The second-order valence-corrected chi connectivity index (χ2v) is 4.77. The maximum absolute atomic E-state index is 11.0. The normalized spacial score (nSPS) is 11.9. The van der Waals surface area contributed by atoms with Crippen molar-refractivity contribution in [2.45, 2.75) is 20.3 Å². The third-order valence-electron chi connectivity index (χ3n) is 2.84. The van der Waals surface area contributed by atoms with Crippen LogP contribution in [0.2, 0.25) is 0 Å². The molecule has 0 radical (unpaired) electrons. The largest absolute Gasteiger partial charge is 0.481 e. The molecular formula is C13H15NO2. The molecule has 3 nitrogen and oxygen atoms in total. The van der Waals surface area contributed by atoms with Crippen molar-refractivity contribution in [1.82, 2.24) is 4.98 Å². The molecule has 0 unspecified atom stereocenters. The highest BCUT2D eigenvalue weighted by molar-refractivity contribution is 5.80. The van der Waals surface area contributed by atoms with Crippen LogP contribution in [-0.2, 0) is 11.2 Å². The van der Waals surface area contributed by atoms with Crippen LogP contribution in [0.3, 0.4) is 0 Å². The minimum Gasteiger partial charge on any atom is -0.481 e. The van der Waals surface area contributed by atoms with Gasteiger partial charge in [0.05, 0.1) is 5.41 Å². The molecule has 0 aliphatic carbocycles. The van der Waals surface area contributed by atoms with Crippen molar-refractivity contribution in [3.63, 3.8) is 0 Å². The molecule has 2 rings (SSSR count). The first kappa shape index (κ1) is 10.7. The fourth-order valence-electron chi connectivity index (χ4n) is 1.80. The van der Waals surface area contributed by atoms with Gasteiger partial charge in [-0.25, -0.2) is 0 Å². The molecule has 16 heavy (non-hydrogen) atoms. The van der Waals surface area contributed by atoms with Crippen LogP contribution < -0.4 is 0 Å². The number of aromatic amines is 1. The summed E-state index contributed by atoms with van der Waals surface area (Å²) in [7, 11) is 0. The Bertz CT molecular complexity index is 525. The van der Waals surface area contributed by atoms with E-state index < -0.39 is 11.4 Å². The van der Waals surface area contributed by atoms with Gasteiger partial charge in [0.2, 0.25) is 0 Å². The summed E-state index contributed by atoms with van der Waals surface area (Å²) in [5.41, 5.74) is 1.42. The van der Waals surface area contributed by atoms with E-state index in [4.69, 9.17) is 5.11 Å². The fourth-order valence-corrected chi connectivity index (χ4v) is 1.80. The summed E-state index contributed by atoms with van der Waals surface area (Å²) in [6.45, 7) is 3.49. The summed E-state index contributed by atoms with van der Waals surface area (Å²) in [5.74, 6) is -0.762. The summed E-state index contributed by atoms with van der Waals surface area (Å²) in [5, 5.41) is 10.2. The Labute approximate surface area is 94.1 Å². The van der Waals surface area contributed by atoms with Crippen molar-refractivity contribution in [3.05, 3.63) is 36.0 Å². The maximum Gasteiger partial charge on any atom is 0.309 e. The Kier molecular flexibility index (Phi) is 2.46. The first-order valence-corrected chi connectivity index (χ1v) is 5.28. The van der Waals surface area contributed by atoms with Gasteiger partial charge in [0.1, 0.15) is 0 Å². The number of rotatable bonds is 3. The average molecular weight is 217 g/mol. The van der Waals surface area contributed by atoms with Gasteiger partial charge < -0.3 is 10.1 Å². The monoisotopic (exact) mass is 217 g/mol. The zero-order chi connectivity index (χ0) is 11.8. The summed E-state index contributed by atoms with van der Waals surface area (Å²) >= 11 is 0. The molecule has 3 heteroatoms. The maximum atomic E-state index is 11.0. The third-order valence-corrected chi connectivity index (χ3v) is 2.84. The van der Waals surface area contributed by atoms with Crippen LogP contribution in [0.5, 0.6) is 0 Å². The average Bonchev–Trinajstić information content (AvgIpc) is 2.63. The van der Waals surface area contributed by atoms with E-state index in [1.165, 1.54) is 0 Å². The lowest BCUT2D eigenvalue weighted by atomic mass is 9.86. The van der Waals surface area contributed by atoms with E-state index >= 15 is 0 Å². The van der Waals surface area contributed by atoms with Gasteiger partial charge in [0, 0.05) is 11.7 Å². The predicted molar refractivity (Wildman–Crippen MR) is 63.4 cm³/mol. The Balaban J connectivity index is 2.30. The highest BCUT2D eigenvalue weighted by Crippen LogP contribution is 2.24. The molecule has 0 aliphatic heterocycles. The second kappa shape index (κ2) is 3.67. The van der Waals surface area contributed by atoms with Crippen molar-refractivity contribution < 1.29 is 9.90 Å². The molecule has 2 N–H and O–H groups in total. The lowest BCUT2D eigenvalue weighted by Gasteiger charge is -2.18. The van der Waals surface area contributed by atoms with E-state index in [2.05, 4.69) is 4.98 Å². The molecule has 1 aromatic heterocycles. The number of H-pyrrole nitrogens is 1. The molecule has 1 aromatic carbocycles. The topological polar surface area (TPSA) is 53.1 Å². The molecule has 0 bridgehead atoms. The summed E-state index contributed by atoms with van der Waals surface area (Å²) in [4.78, 5) is 14.1. The lowest BCUT2D eigenvalue weighted by molar-refractivity contribution is -0.146. The van der Waals surface area contributed by atoms with Crippen LogP contribution in [0.4, 0.5) is 0 Å². The minimum atomic E-state index is -0.762. The number of carboxylic acid groups (broad SMARTS) is 1. The van der Waals surface area contributed by atoms with E-state index in [-0.39, 0.29) is 0 Å². The molecule has 0 spiro atoms. The van der Waals surface area contributed by atoms with Crippen LogP contribution in [0, 0.1) is 5.41 Å². The van der Waals surface area contributed by atoms with E-state index in [1.54, 1.807) is 13.8 Å². The van der Waals surface area contributed by atoms with E-state index in [9.17, 15) is 4.79 Å². The van der Waals surface area contributed by atoms with Crippen LogP contribution in [0.1, 0.15) is 19.4 Å². The number of carboxylic acids is 1. The number of nitrogens with one attached hydrogen (secondary N) is 1. The highest BCUT2D eigenvalue weighted by Gasteiger charge is 2.27. The van der Waals surface area contributed by atoms with Gasteiger partial charge in [0.15, 0.2) is 0 Å². The number of hydrogen-bond donors (Lipinski definition) is 2. The van der Waals surface area contributed by atoms with Crippen LogP contribution in [0.15, 0.2) is 30.5 Å². The summed E-state index contributed by atoms with van der Waals surface area (Å²) < 4.78 is 0. The van der Waals surface area contributed by atoms with Crippen molar-refractivity contribution in [1.29, 1.82) is 0 Å². The third kappa shape index (κ3) is 1.94. The molecule has 0 atom stereocenters. The zero-order valence-electron chi connectivity index (χ0n) is 9.45. The van der Waals surface area contributed by atoms with Gasteiger partial charge >= 0.3 is 5.97 Å². The van der Waals surface area contributed by atoms with Gasteiger partial charge in [-0.2, -0.15) is 0 Å². The molecule has 0 saturated carbocycles. The Morgan fingerprint density at radius 2 is 2.12 bits per heavy atom. The SMILES string of the molecule is CC(C)(Cc1ccc2[nH]ccc2c1)C(=O)O. The van der Waals surface area contributed by atoms with Gasteiger partial charge in [-0.05, 0) is 49.4 Å². The molecule has 0 aliphatic rings. The molecule has 0 saturated heterocycles. The number of benzene rings is 1. The molecule has 84 valence electrons. The molecule has 0 fully saturated rings. The number of hydrogen-bond acceptors (Lipinski definition) is 1. The van der Waals surface area contributed by atoms with Crippen molar-refractivity contribution in [2.75, 3.05) is 0 Å². The zero-order valence-corrected chi connectivity index (χ0v) is 9.45. The lowest BCUT2D eigenvalue weighted by Crippen LogP contribution is -2.26. The smallest absolute Gasteiger partial charge is 0.309 e. The Hall–Kier alpha value is -1.77. The fraction of sp³-hybridized carbons (Fsp3) is 0.308. The standard InChI is InChI=1S/C13H15NO2/c1-13(2,12(15)16)8-9-3-4-11-10(7-9)5-6-14-11/h3-7,14H,8H2,1-2H3,(H,15,16). The Morgan fingerprint density at radius 1 is 1.38 bits per heavy atom.